The molecule has 0 aromatic carbocycles. The molecular weight excluding hydrogens is 158 g/mol. The Labute approximate surface area is 81.9 Å². The molecule has 1 unspecified atom stereocenters. The van der Waals surface area contributed by atoms with Crippen LogP contribution in [0.15, 0.2) is 22.9 Å². The first-order valence-electron chi connectivity index (χ1n) is 5.27. The molecule has 1 N–H and O–H groups in total. The molecule has 1 atom stereocenters. The maximum Gasteiger partial charge on any atom is 0.0356 e. The van der Waals surface area contributed by atoms with Gasteiger partial charge in [-0.3, -0.25) is 0 Å². The van der Waals surface area contributed by atoms with E-state index in [-0.39, 0.29) is 0 Å². The average molecular weight is 179 g/mol. The van der Waals surface area contributed by atoms with Gasteiger partial charge in [-0.1, -0.05) is 19.9 Å². The first kappa shape index (κ1) is 10.4. The third kappa shape index (κ3) is 2.61. The monoisotopic (exact) mass is 179 g/mol. The molecule has 1 heteroatoms. The van der Waals surface area contributed by atoms with Crippen LogP contribution in [-0.2, 0) is 0 Å². The van der Waals surface area contributed by atoms with Gasteiger partial charge >= 0.3 is 0 Å². The molecule has 0 heterocycles. The molecule has 0 saturated carbocycles. The Hall–Kier alpha value is -0.720. The molecule has 1 rings (SSSR count). The highest BCUT2D eigenvalue weighted by Gasteiger charge is 2.13. The number of nitrogens with one attached hydrogen (secondary N) is 1. The third-order valence-electron chi connectivity index (χ3n) is 2.54. The predicted molar refractivity (Wildman–Crippen MR) is 58.5 cm³/mol. The standard InChI is InChI=1S/C12H21N/c1-5-6-13-12-10(3)7-9(2)8-11(12)4/h7,9,13H,5-6,8H2,1-4H3. The molecule has 1 aliphatic rings. The minimum absolute atomic E-state index is 0.715. The highest BCUT2D eigenvalue weighted by molar-refractivity contribution is 5.35. The lowest BCUT2D eigenvalue weighted by molar-refractivity contribution is 0.661. The SMILES string of the molecule is CCCNC1=C(C)CC(C)C=C1C. The summed E-state index contributed by atoms with van der Waals surface area (Å²) in [5.74, 6) is 0.715. The van der Waals surface area contributed by atoms with Gasteiger partial charge in [0.15, 0.2) is 0 Å². The van der Waals surface area contributed by atoms with E-state index in [2.05, 4.69) is 39.1 Å². The maximum absolute atomic E-state index is 3.50. The molecule has 0 fully saturated rings. The van der Waals surface area contributed by atoms with Crippen molar-refractivity contribution in [2.45, 2.75) is 40.5 Å². The van der Waals surface area contributed by atoms with Crippen molar-refractivity contribution in [3.05, 3.63) is 22.9 Å². The lowest BCUT2D eigenvalue weighted by Crippen LogP contribution is -2.19. The molecule has 0 amide bonds. The van der Waals surface area contributed by atoms with Crippen LogP contribution in [0.2, 0.25) is 0 Å². The summed E-state index contributed by atoms with van der Waals surface area (Å²) >= 11 is 0. The Balaban J connectivity index is 2.70. The summed E-state index contributed by atoms with van der Waals surface area (Å²) in [6, 6.07) is 0. The fourth-order valence-corrected chi connectivity index (χ4v) is 2.03. The summed E-state index contributed by atoms with van der Waals surface area (Å²) in [7, 11) is 0. The van der Waals surface area contributed by atoms with Crippen molar-refractivity contribution in [1.82, 2.24) is 5.32 Å². The maximum atomic E-state index is 3.50. The summed E-state index contributed by atoms with van der Waals surface area (Å²) in [5, 5.41) is 3.50. The Morgan fingerprint density at radius 2 is 2.15 bits per heavy atom. The van der Waals surface area contributed by atoms with Crippen molar-refractivity contribution in [2.24, 2.45) is 5.92 Å². The second kappa shape index (κ2) is 4.50. The highest BCUT2D eigenvalue weighted by atomic mass is 14.9. The first-order valence-corrected chi connectivity index (χ1v) is 5.27. The molecule has 1 aliphatic carbocycles. The topological polar surface area (TPSA) is 12.0 Å². The van der Waals surface area contributed by atoms with Crippen molar-refractivity contribution >= 4 is 0 Å². The Morgan fingerprint density at radius 1 is 1.46 bits per heavy atom. The molecule has 0 spiro atoms. The molecule has 13 heavy (non-hydrogen) atoms. The smallest absolute Gasteiger partial charge is 0.0356 e. The van der Waals surface area contributed by atoms with Gasteiger partial charge in [-0.15, -0.1) is 0 Å². The van der Waals surface area contributed by atoms with Gasteiger partial charge in [0.1, 0.15) is 0 Å². The normalized spacial score (nSPS) is 23.1. The van der Waals surface area contributed by atoms with E-state index in [1.807, 2.05) is 0 Å². The van der Waals surface area contributed by atoms with Crippen molar-refractivity contribution in [1.29, 1.82) is 0 Å². The fraction of sp³-hybridized carbons (Fsp3) is 0.667. The Kier molecular flexibility index (Phi) is 3.58. The van der Waals surface area contributed by atoms with E-state index >= 15 is 0 Å². The van der Waals surface area contributed by atoms with Crippen LogP contribution >= 0.6 is 0 Å². The van der Waals surface area contributed by atoms with E-state index < -0.39 is 0 Å². The zero-order valence-corrected chi connectivity index (χ0v) is 9.28. The van der Waals surface area contributed by atoms with E-state index in [9.17, 15) is 0 Å². The zero-order chi connectivity index (χ0) is 9.84. The van der Waals surface area contributed by atoms with Gasteiger partial charge in [-0.2, -0.15) is 0 Å². The lowest BCUT2D eigenvalue weighted by atomic mass is 9.90. The molecule has 0 saturated heterocycles. The summed E-state index contributed by atoms with van der Waals surface area (Å²) < 4.78 is 0. The quantitative estimate of drug-likeness (QED) is 0.701. The molecule has 0 aliphatic heterocycles. The summed E-state index contributed by atoms with van der Waals surface area (Å²) in [6.45, 7) is 10.0. The lowest BCUT2D eigenvalue weighted by Gasteiger charge is -2.22. The minimum atomic E-state index is 0.715. The van der Waals surface area contributed by atoms with E-state index in [0.717, 1.165) is 6.54 Å². The number of hydrogen-bond acceptors (Lipinski definition) is 1. The van der Waals surface area contributed by atoms with Crippen LogP contribution in [0.3, 0.4) is 0 Å². The van der Waals surface area contributed by atoms with Gasteiger partial charge < -0.3 is 5.32 Å². The second-order valence-electron chi connectivity index (χ2n) is 4.11. The van der Waals surface area contributed by atoms with E-state index in [0.29, 0.717) is 5.92 Å². The first-order chi connectivity index (χ1) is 6.15. The third-order valence-corrected chi connectivity index (χ3v) is 2.54. The molecule has 0 radical (unpaired) electrons. The number of rotatable bonds is 3. The van der Waals surface area contributed by atoms with Gasteiger partial charge in [-0.05, 0) is 43.8 Å². The van der Waals surface area contributed by atoms with Crippen molar-refractivity contribution < 1.29 is 0 Å². The largest absolute Gasteiger partial charge is 0.385 e. The minimum Gasteiger partial charge on any atom is -0.385 e. The fourth-order valence-electron chi connectivity index (χ4n) is 2.03. The van der Waals surface area contributed by atoms with Gasteiger partial charge in [0, 0.05) is 12.2 Å². The summed E-state index contributed by atoms with van der Waals surface area (Å²) in [4.78, 5) is 0. The van der Waals surface area contributed by atoms with E-state index in [1.165, 1.54) is 29.7 Å². The van der Waals surface area contributed by atoms with Crippen LogP contribution in [0.1, 0.15) is 40.5 Å². The highest BCUT2D eigenvalue weighted by Crippen LogP contribution is 2.26. The van der Waals surface area contributed by atoms with E-state index in [1.54, 1.807) is 0 Å². The van der Waals surface area contributed by atoms with Crippen molar-refractivity contribution in [3.8, 4) is 0 Å². The average Bonchev–Trinajstić information content (AvgIpc) is 2.02. The van der Waals surface area contributed by atoms with Crippen molar-refractivity contribution in [2.75, 3.05) is 6.54 Å². The summed E-state index contributed by atoms with van der Waals surface area (Å²) in [6.07, 6.45) is 4.77. The summed E-state index contributed by atoms with van der Waals surface area (Å²) in [5.41, 5.74) is 4.32. The molecular formula is C12H21N. The van der Waals surface area contributed by atoms with Gasteiger partial charge in [0.2, 0.25) is 0 Å². The molecule has 0 bridgehead atoms. The molecule has 0 aromatic rings. The van der Waals surface area contributed by atoms with Crippen LogP contribution in [0.4, 0.5) is 0 Å². The van der Waals surface area contributed by atoms with Crippen LogP contribution in [0, 0.1) is 5.92 Å². The molecule has 74 valence electrons. The molecule has 0 aromatic heterocycles. The van der Waals surface area contributed by atoms with Crippen molar-refractivity contribution in [3.63, 3.8) is 0 Å². The van der Waals surface area contributed by atoms with Crippen LogP contribution in [0.25, 0.3) is 0 Å². The van der Waals surface area contributed by atoms with Gasteiger partial charge in [0.25, 0.3) is 0 Å². The molecule has 1 nitrogen and oxygen atoms in total. The van der Waals surface area contributed by atoms with Crippen LogP contribution in [-0.4, -0.2) is 6.54 Å². The van der Waals surface area contributed by atoms with Gasteiger partial charge in [-0.25, -0.2) is 0 Å². The van der Waals surface area contributed by atoms with E-state index in [4.69, 9.17) is 0 Å². The predicted octanol–water partition coefficient (Wildman–Crippen LogP) is 3.25. The van der Waals surface area contributed by atoms with Gasteiger partial charge in [0.05, 0.1) is 0 Å². The second-order valence-corrected chi connectivity index (χ2v) is 4.11. The Bertz CT molecular complexity index is 236. The zero-order valence-electron chi connectivity index (χ0n) is 9.28. The van der Waals surface area contributed by atoms with Crippen LogP contribution in [0.5, 0.6) is 0 Å². The van der Waals surface area contributed by atoms with Crippen LogP contribution < -0.4 is 5.32 Å². The Morgan fingerprint density at radius 3 is 2.69 bits per heavy atom. The number of allylic oxidation sites excluding steroid dienone is 3. The number of hydrogen-bond donors (Lipinski definition) is 1.